The summed E-state index contributed by atoms with van der Waals surface area (Å²) >= 11 is 3.03. The standard InChI is InChI=1S/C20H23FN8S.C13H13FN6S.C7H10N2.2CH4/c1-12-13(2)28-16(27-12)5-8-22-9-6-17-29-18-19(25-11-26-20(18)30-17)24-10-15-14(21)4-3-7-23-15;14-8-2-1-5-16-9(8)6-17-12-11-13(19-7-18-12)21-10(20-11)3-4-15;1-4-7-8-5(2)6(3)9-7;;/h3-4,7,11,22H,5-6,8-10H2,1-2H3,(H,27,28)(H,24,25,26);1-2,5,7H,3-4,6,15H2,(H,17,18,19);4H,1H2,2-3H3,(H,8,9);2*1H4. The van der Waals surface area contributed by atoms with E-state index in [0.29, 0.717) is 47.0 Å². The van der Waals surface area contributed by atoms with E-state index in [1.807, 2.05) is 27.7 Å². The zero-order chi connectivity index (χ0) is 42.4. The van der Waals surface area contributed by atoms with Gasteiger partial charge >= 0.3 is 0 Å². The van der Waals surface area contributed by atoms with Crippen molar-refractivity contribution in [2.24, 2.45) is 5.73 Å². The number of hydrogen-bond donors (Lipinski definition) is 6. The number of imidazole rings is 2. The fraction of sp³-hybridized carbons (Fsp3) is 0.333. The lowest BCUT2D eigenvalue weighted by Gasteiger charge is -2.05. The first-order valence-corrected chi connectivity index (χ1v) is 20.7. The smallest absolute Gasteiger partial charge is 0.157 e. The molecule has 0 saturated carbocycles. The maximum Gasteiger partial charge on any atom is 0.157 e. The summed E-state index contributed by atoms with van der Waals surface area (Å²) in [5, 5.41) is 11.5. The van der Waals surface area contributed by atoms with Gasteiger partial charge in [-0.3, -0.25) is 9.97 Å². The van der Waals surface area contributed by atoms with Crippen LogP contribution in [-0.2, 0) is 32.4 Å². The second-order valence-electron chi connectivity index (χ2n) is 13.3. The number of nitrogens with zero attached hydrogens (tertiary/aromatic N) is 10. The van der Waals surface area contributed by atoms with Crippen molar-refractivity contribution < 1.29 is 8.78 Å². The van der Waals surface area contributed by atoms with Crippen LogP contribution in [0.15, 0.2) is 55.9 Å². The third-order valence-electron chi connectivity index (χ3n) is 8.92. The van der Waals surface area contributed by atoms with Gasteiger partial charge in [0.25, 0.3) is 0 Å². The first-order valence-electron chi connectivity index (χ1n) is 19.1. The average Bonchev–Trinajstić information content (AvgIpc) is 4.02. The molecule has 0 fully saturated rings. The number of aromatic amines is 2. The van der Waals surface area contributed by atoms with Crippen molar-refractivity contribution in [3.8, 4) is 0 Å². The third-order valence-corrected chi connectivity index (χ3v) is 11.0. The summed E-state index contributed by atoms with van der Waals surface area (Å²) in [6.45, 7) is 14.3. The quantitative estimate of drug-likeness (QED) is 0.0545. The van der Waals surface area contributed by atoms with Crippen molar-refractivity contribution in [3.63, 3.8) is 0 Å². The molecular weight excluding hydrogens is 831 g/mol. The summed E-state index contributed by atoms with van der Waals surface area (Å²) in [5.74, 6) is 2.32. The predicted octanol–water partition coefficient (Wildman–Crippen LogP) is 7.62. The van der Waals surface area contributed by atoms with Crippen LogP contribution in [0.25, 0.3) is 26.8 Å². The van der Waals surface area contributed by atoms with Crippen molar-refractivity contribution in [2.75, 3.05) is 30.3 Å². The Bertz CT molecular complexity index is 2600. The van der Waals surface area contributed by atoms with Crippen LogP contribution >= 0.6 is 22.7 Å². The molecule has 20 heteroatoms. The number of fused-ring (bicyclic) bond motifs is 2. The molecule has 8 aromatic heterocycles. The maximum absolute atomic E-state index is 13.8. The minimum Gasteiger partial charge on any atom is -0.362 e. The Balaban J connectivity index is 0.000000229. The summed E-state index contributed by atoms with van der Waals surface area (Å²) in [7, 11) is 0. The normalized spacial score (nSPS) is 10.6. The first-order chi connectivity index (χ1) is 29.1. The molecule has 0 aliphatic carbocycles. The monoisotopic (exact) mass is 884 g/mol. The van der Waals surface area contributed by atoms with Crippen LogP contribution < -0.4 is 21.7 Å². The number of aromatic nitrogens is 12. The lowest BCUT2D eigenvalue weighted by atomic mass is 10.3. The van der Waals surface area contributed by atoms with Gasteiger partial charge in [0, 0.05) is 56.1 Å². The molecule has 0 radical (unpaired) electrons. The molecular formula is C42H54F2N16S2. The highest BCUT2D eigenvalue weighted by Gasteiger charge is 2.13. The number of thiazole rings is 2. The Morgan fingerprint density at radius 2 is 1.19 bits per heavy atom. The van der Waals surface area contributed by atoms with Crippen LogP contribution in [-0.4, -0.2) is 79.4 Å². The number of nitrogens with two attached hydrogens (primary N) is 1. The summed E-state index contributed by atoms with van der Waals surface area (Å²) < 4.78 is 27.3. The summed E-state index contributed by atoms with van der Waals surface area (Å²) in [4.78, 5) is 50.7. The van der Waals surface area contributed by atoms with Gasteiger partial charge in [-0.05, 0) is 64.6 Å². The number of rotatable bonds is 15. The molecule has 0 aliphatic heterocycles. The van der Waals surface area contributed by atoms with Gasteiger partial charge in [0.2, 0.25) is 0 Å². The van der Waals surface area contributed by atoms with Crippen molar-refractivity contribution in [1.29, 1.82) is 0 Å². The highest BCUT2D eigenvalue weighted by molar-refractivity contribution is 7.18. The van der Waals surface area contributed by atoms with E-state index in [-0.39, 0.29) is 39.6 Å². The lowest BCUT2D eigenvalue weighted by molar-refractivity contribution is 0.602. The maximum atomic E-state index is 13.8. The fourth-order valence-corrected chi connectivity index (χ4v) is 7.38. The van der Waals surface area contributed by atoms with E-state index in [4.69, 9.17) is 5.73 Å². The van der Waals surface area contributed by atoms with E-state index in [1.54, 1.807) is 41.9 Å². The molecule has 8 heterocycles. The highest BCUT2D eigenvalue weighted by atomic mass is 32.1. The van der Waals surface area contributed by atoms with Crippen LogP contribution in [0.1, 0.15) is 70.7 Å². The van der Waals surface area contributed by atoms with E-state index in [9.17, 15) is 8.78 Å². The van der Waals surface area contributed by atoms with Gasteiger partial charge in [-0.15, -0.1) is 0 Å². The largest absolute Gasteiger partial charge is 0.362 e. The molecule has 0 aliphatic rings. The Hall–Kier alpha value is -6.22. The van der Waals surface area contributed by atoms with Crippen LogP contribution in [0.2, 0.25) is 0 Å². The number of H-pyrrole nitrogens is 2. The molecule has 7 N–H and O–H groups in total. The summed E-state index contributed by atoms with van der Waals surface area (Å²) in [5.41, 5.74) is 11.9. The average molecular weight is 885 g/mol. The Labute approximate surface area is 367 Å². The van der Waals surface area contributed by atoms with Gasteiger partial charge in [-0.25, -0.2) is 48.7 Å². The van der Waals surface area contributed by atoms with Gasteiger partial charge in [0.15, 0.2) is 11.6 Å². The van der Waals surface area contributed by atoms with E-state index in [0.717, 1.165) is 80.0 Å². The van der Waals surface area contributed by atoms with E-state index < -0.39 is 0 Å². The van der Waals surface area contributed by atoms with Crippen molar-refractivity contribution in [1.82, 2.24) is 65.1 Å². The van der Waals surface area contributed by atoms with Gasteiger partial charge in [-0.2, -0.15) is 0 Å². The van der Waals surface area contributed by atoms with Gasteiger partial charge in [0.05, 0.1) is 45.9 Å². The molecule has 0 unspecified atom stereocenters. The molecule has 0 spiro atoms. The second-order valence-corrected chi connectivity index (χ2v) is 15.4. The number of hydrogen-bond acceptors (Lipinski definition) is 16. The lowest BCUT2D eigenvalue weighted by Crippen LogP contribution is -2.20. The molecule has 0 aromatic carbocycles. The molecule has 16 nitrogen and oxygen atoms in total. The van der Waals surface area contributed by atoms with Crippen LogP contribution in [0.4, 0.5) is 20.4 Å². The Morgan fingerprint density at radius 1 is 0.677 bits per heavy atom. The topological polar surface area (TPSA) is 223 Å². The third kappa shape index (κ3) is 13.1. The van der Waals surface area contributed by atoms with Crippen molar-refractivity contribution in [2.45, 2.75) is 74.9 Å². The second kappa shape index (κ2) is 23.7. The molecule has 0 bridgehead atoms. The first kappa shape index (κ1) is 48.4. The molecule has 328 valence electrons. The number of halogens is 2. The highest BCUT2D eigenvalue weighted by Crippen LogP contribution is 2.26. The molecule has 0 saturated heterocycles. The minimum atomic E-state index is -0.350. The Kier molecular flexibility index (Phi) is 18.5. The predicted molar refractivity (Wildman–Crippen MR) is 246 cm³/mol. The molecule has 0 amide bonds. The molecule has 62 heavy (non-hydrogen) atoms. The van der Waals surface area contributed by atoms with E-state index in [1.165, 1.54) is 36.1 Å². The SMILES string of the molecule is C.C.C=Cc1nc(C)c(C)[nH]1.Cc1nc(CCNCCc2nc3c(NCc4ncccc4F)ncnc3s2)[nH]c1C.NCCc1nc2c(NCc3ncccc3F)ncnc2s1. The number of aryl methyl sites for hydroxylation is 4. The molecule has 0 atom stereocenters. The zero-order valence-corrected chi connectivity index (χ0v) is 35.3. The van der Waals surface area contributed by atoms with Gasteiger partial charge < -0.3 is 31.7 Å². The Morgan fingerprint density at radius 3 is 1.65 bits per heavy atom. The summed E-state index contributed by atoms with van der Waals surface area (Å²) in [6.07, 6.45) is 10.1. The van der Waals surface area contributed by atoms with Crippen molar-refractivity contribution >= 4 is 61.1 Å². The molecule has 8 aromatic rings. The van der Waals surface area contributed by atoms with Crippen LogP contribution in [0.5, 0.6) is 0 Å². The zero-order valence-electron chi connectivity index (χ0n) is 33.7. The molecule has 8 rings (SSSR count). The van der Waals surface area contributed by atoms with E-state index >= 15 is 0 Å². The number of pyridine rings is 2. The minimum absolute atomic E-state index is 0. The van der Waals surface area contributed by atoms with E-state index in [2.05, 4.69) is 82.3 Å². The van der Waals surface area contributed by atoms with Crippen LogP contribution in [0, 0.1) is 39.3 Å². The van der Waals surface area contributed by atoms with Gasteiger partial charge in [-0.1, -0.05) is 44.1 Å². The van der Waals surface area contributed by atoms with Crippen molar-refractivity contribution in [3.05, 3.63) is 123 Å². The number of anilines is 2. The van der Waals surface area contributed by atoms with Crippen LogP contribution in [0.3, 0.4) is 0 Å². The fourth-order valence-electron chi connectivity index (χ4n) is 5.56. The van der Waals surface area contributed by atoms with Gasteiger partial charge in [0.1, 0.15) is 56.6 Å². The number of nitrogens with one attached hydrogen (secondary N) is 5. The summed E-state index contributed by atoms with van der Waals surface area (Å²) in [6, 6.07) is 5.89.